The normalized spacial score (nSPS) is 15.7. The molecule has 0 spiro atoms. The molecule has 1 aromatic carbocycles. The average molecular weight is 429 g/mol. The van der Waals surface area contributed by atoms with E-state index >= 15 is 0 Å². The third kappa shape index (κ3) is 11.0. The van der Waals surface area contributed by atoms with Crippen LogP contribution in [0, 0.1) is 6.92 Å². The highest BCUT2D eigenvalue weighted by molar-refractivity contribution is 5.61. The zero-order chi connectivity index (χ0) is 23.6. The second-order valence-corrected chi connectivity index (χ2v) is 9.08. The summed E-state index contributed by atoms with van der Waals surface area (Å²) in [6, 6.07) is 2.98. The maximum Gasteiger partial charge on any atom is 0.123 e. The fourth-order valence-corrected chi connectivity index (χ4v) is 3.27. The molecule has 0 aliphatic rings. The fraction of sp³-hybridized carbons (Fsp3) is 0.481. The summed E-state index contributed by atoms with van der Waals surface area (Å²) in [5.41, 5.74) is 3.60. The Morgan fingerprint density at radius 2 is 1.68 bits per heavy atom. The number of rotatable bonds is 11. The molecule has 0 saturated heterocycles. The van der Waals surface area contributed by atoms with E-state index in [9.17, 15) is 20.4 Å². The molecular weight excluding hydrogens is 388 g/mol. The van der Waals surface area contributed by atoms with Gasteiger partial charge in [0.1, 0.15) is 11.5 Å². The first-order chi connectivity index (χ1) is 14.4. The molecule has 4 N–H and O–H groups in total. The predicted octanol–water partition coefficient (Wildman–Crippen LogP) is 6.34. The lowest BCUT2D eigenvalue weighted by Gasteiger charge is -2.18. The second kappa shape index (κ2) is 12.5. The number of phenols is 2. The van der Waals surface area contributed by atoms with Gasteiger partial charge in [0.05, 0.1) is 11.7 Å². The number of hydrogen-bond donors (Lipinski definition) is 4. The molecule has 1 rings (SSSR count). The standard InChI is InChI=1S/C27H40O4/c1-19(2)9-7-10-20(3)15-24(28)16-21(4)11-8-13-27(6,31)14-12-23-18-25(29)22(5)17-26(23)30/h9,11-12,14-15,17-18,24,28-31H,7-8,10,13,16H2,1-6H3/b14-12?,20-15+,21-11?/t24-,27+/m1/s1. The number of aromatic hydroxyl groups is 2. The topological polar surface area (TPSA) is 80.9 Å². The van der Waals surface area contributed by atoms with Crippen molar-refractivity contribution in [3.63, 3.8) is 0 Å². The quantitative estimate of drug-likeness (QED) is 0.245. The second-order valence-electron chi connectivity index (χ2n) is 9.08. The molecule has 1 aromatic rings. The third-order valence-corrected chi connectivity index (χ3v) is 5.21. The van der Waals surface area contributed by atoms with Gasteiger partial charge in [-0.05, 0) is 91.3 Å². The zero-order valence-corrected chi connectivity index (χ0v) is 19.9. The molecule has 172 valence electrons. The Labute approximate surface area is 188 Å². The van der Waals surface area contributed by atoms with Crippen LogP contribution in [0.2, 0.25) is 0 Å². The van der Waals surface area contributed by atoms with Crippen LogP contribution in [0.4, 0.5) is 0 Å². The Kier molecular flexibility index (Phi) is 10.8. The van der Waals surface area contributed by atoms with E-state index in [2.05, 4.69) is 26.8 Å². The van der Waals surface area contributed by atoms with Gasteiger partial charge in [-0.25, -0.2) is 0 Å². The molecule has 0 radical (unpaired) electrons. The molecule has 31 heavy (non-hydrogen) atoms. The van der Waals surface area contributed by atoms with Crippen molar-refractivity contribution in [3.8, 4) is 11.5 Å². The average Bonchev–Trinajstić information content (AvgIpc) is 2.62. The monoisotopic (exact) mass is 428 g/mol. The summed E-state index contributed by atoms with van der Waals surface area (Å²) in [5.74, 6) is 0.173. The van der Waals surface area contributed by atoms with E-state index < -0.39 is 11.7 Å². The molecule has 0 fully saturated rings. The smallest absolute Gasteiger partial charge is 0.123 e. The van der Waals surface area contributed by atoms with Gasteiger partial charge in [-0.1, -0.05) is 47.1 Å². The Hall–Kier alpha value is -2.30. The predicted molar refractivity (Wildman–Crippen MR) is 130 cm³/mol. The number of benzene rings is 1. The molecular formula is C27H40O4. The van der Waals surface area contributed by atoms with E-state index in [1.54, 1.807) is 26.0 Å². The minimum absolute atomic E-state index is 0.0660. The van der Waals surface area contributed by atoms with Gasteiger partial charge in [0, 0.05) is 5.56 Å². The van der Waals surface area contributed by atoms with Gasteiger partial charge in [-0.2, -0.15) is 0 Å². The van der Waals surface area contributed by atoms with E-state index in [-0.39, 0.29) is 11.5 Å². The number of allylic oxidation sites excluding steroid dienone is 4. The summed E-state index contributed by atoms with van der Waals surface area (Å²) >= 11 is 0. The van der Waals surface area contributed by atoms with Gasteiger partial charge in [0.25, 0.3) is 0 Å². The molecule has 0 unspecified atom stereocenters. The number of phenolic OH excluding ortho intramolecular Hbond substituents is 2. The van der Waals surface area contributed by atoms with Crippen molar-refractivity contribution in [1.82, 2.24) is 0 Å². The van der Waals surface area contributed by atoms with Crippen LogP contribution in [0.3, 0.4) is 0 Å². The Morgan fingerprint density at radius 3 is 2.32 bits per heavy atom. The molecule has 0 aromatic heterocycles. The van der Waals surface area contributed by atoms with Crippen LogP contribution in [0.5, 0.6) is 11.5 Å². The van der Waals surface area contributed by atoms with Crippen LogP contribution in [0.15, 0.2) is 53.2 Å². The van der Waals surface area contributed by atoms with E-state index in [1.807, 2.05) is 19.1 Å². The van der Waals surface area contributed by atoms with E-state index in [4.69, 9.17) is 0 Å². The fourth-order valence-electron chi connectivity index (χ4n) is 3.27. The maximum absolute atomic E-state index is 10.6. The first-order valence-electron chi connectivity index (χ1n) is 11.0. The molecule has 0 heterocycles. The van der Waals surface area contributed by atoms with Gasteiger partial charge in [0.15, 0.2) is 0 Å². The zero-order valence-electron chi connectivity index (χ0n) is 19.9. The molecule has 0 aliphatic carbocycles. The molecule has 0 bridgehead atoms. The van der Waals surface area contributed by atoms with Gasteiger partial charge in [-0.3, -0.25) is 0 Å². The summed E-state index contributed by atoms with van der Waals surface area (Å²) in [5, 5.41) is 40.7. The van der Waals surface area contributed by atoms with Crippen LogP contribution < -0.4 is 0 Å². The number of aryl methyl sites for hydroxylation is 1. The first-order valence-corrected chi connectivity index (χ1v) is 11.0. The van der Waals surface area contributed by atoms with Crippen LogP contribution >= 0.6 is 0 Å². The molecule has 4 heteroatoms. The molecule has 4 nitrogen and oxygen atoms in total. The maximum atomic E-state index is 10.6. The summed E-state index contributed by atoms with van der Waals surface area (Å²) in [4.78, 5) is 0. The van der Waals surface area contributed by atoms with Gasteiger partial charge in [-0.15, -0.1) is 0 Å². The lowest BCUT2D eigenvalue weighted by atomic mass is 9.96. The third-order valence-electron chi connectivity index (χ3n) is 5.21. The van der Waals surface area contributed by atoms with E-state index in [1.165, 1.54) is 23.3 Å². The van der Waals surface area contributed by atoms with E-state index in [0.29, 0.717) is 30.4 Å². The van der Waals surface area contributed by atoms with Crippen molar-refractivity contribution in [3.05, 3.63) is 64.3 Å². The van der Waals surface area contributed by atoms with Crippen molar-refractivity contribution >= 4 is 6.08 Å². The minimum atomic E-state index is -1.05. The first kappa shape index (κ1) is 26.7. The largest absolute Gasteiger partial charge is 0.508 e. The van der Waals surface area contributed by atoms with Crippen molar-refractivity contribution in [2.75, 3.05) is 0 Å². The van der Waals surface area contributed by atoms with Crippen LogP contribution in [0.1, 0.15) is 77.8 Å². The van der Waals surface area contributed by atoms with Crippen LogP contribution in [-0.4, -0.2) is 32.1 Å². The van der Waals surface area contributed by atoms with Gasteiger partial charge in [0.2, 0.25) is 0 Å². The minimum Gasteiger partial charge on any atom is -0.508 e. The highest BCUT2D eigenvalue weighted by Crippen LogP contribution is 2.28. The molecule has 0 saturated carbocycles. The lowest BCUT2D eigenvalue weighted by molar-refractivity contribution is 0.104. The highest BCUT2D eigenvalue weighted by Gasteiger charge is 2.16. The highest BCUT2D eigenvalue weighted by atomic mass is 16.3. The van der Waals surface area contributed by atoms with Gasteiger partial charge < -0.3 is 20.4 Å². The van der Waals surface area contributed by atoms with Crippen molar-refractivity contribution in [1.29, 1.82) is 0 Å². The van der Waals surface area contributed by atoms with Crippen LogP contribution in [0.25, 0.3) is 6.08 Å². The number of aliphatic hydroxyl groups excluding tert-OH is 1. The number of aliphatic hydroxyl groups is 2. The van der Waals surface area contributed by atoms with Crippen molar-refractivity contribution < 1.29 is 20.4 Å². The van der Waals surface area contributed by atoms with Crippen LogP contribution in [-0.2, 0) is 0 Å². The molecule has 0 amide bonds. The SMILES string of the molecule is CC(C)=CCC/C(C)=C/[C@@H](O)CC(C)=CCC[C@](C)(O)C=Cc1cc(O)c(C)cc1O. The summed E-state index contributed by atoms with van der Waals surface area (Å²) in [6.45, 7) is 11.7. The number of hydrogen-bond acceptors (Lipinski definition) is 4. The Morgan fingerprint density at radius 1 is 1.00 bits per heavy atom. The van der Waals surface area contributed by atoms with Crippen molar-refractivity contribution in [2.24, 2.45) is 0 Å². The summed E-state index contributed by atoms with van der Waals surface area (Å²) in [6.07, 6.45) is 12.6. The molecule has 2 atom stereocenters. The summed E-state index contributed by atoms with van der Waals surface area (Å²) in [7, 11) is 0. The summed E-state index contributed by atoms with van der Waals surface area (Å²) < 4.78 is 0. The Balaban J connectivity index is 2.57. The van der Waals surface area contributed by atoms with E-state index in [0.717, 1.165) is 18.4 Å². The van der Waals surface area contributed by atoms with Crippen molar-refractivity contribution in [2.45, 2.75) is 85.4 Å². The Bertz CT molecular complexity index is 837. The van der Waals surface area contributed by atoms with Gasteiger partial charge >= 0.3 is 0 Å². The molecule has 0 aliphatic heterocycles. The lowest BCUT2D eigenvalue weighted by Crippen LogP contribution is -2.19.